The van der Waals surface area contributed by atoms with E-state index in [0.717, 1.165) is 30.8 Å². The van der Waals surface area contributed by atoms with Crippen molar-refractivity contribution in [3.63, 3.8) is 0 Å². The van der Waals surface area contributed by atoms with Gasteiger partial charge in [-0.2, -0.15) is 0 Å². The maximum absolute atomic E-state index is 12.0. The zero-order valence-electron chi connectivity index (χ0n) is 14.9. The van der Waals surface area contributed by atoms with Crippen molar-refractivity contribution in [3.05, 3.63) is 71.8 Å². The van der Waals surface area contributed by atoms with Gasteiger partial charge in [-0.3, -0.25) is 0 Å². The van der Waals surface area contributed by atoms with Crippen molar-refractivity contribution in [1.29, 1.82) is 0 Å². The van der Waals surface area contributed by atoms with Gasteiger partial charge in [0.25, 0.3) is 0 Å². The number of rotatable bonds is 6. The Morgan fingerprint density at radius 2 is 1.33 bits per heavy atom. The van der Waals surface area contributed by atoms with Crippen LogP contribution in [0.3, 0.4) is 0 Å². The van der Waals surface area contributed by atoms with E-state index in [-0.39, 0.29) is 5.92 Å². The molecule has 1 fully saturated rings. The van der Waals surface area contributed by atoms with Crippen LogP contribution in [0.1, 0.15) is 37.8 Å². The molecule has 1 saturated heterocycles. The molecule has 0 saturated carbocycles. The van der Waals surface area contributed by atoms with Gasteiger partial charge >= 0.3 is 0 Å². The predicted octanol–water partition coefficient (Wildman–Crippen LogP) is 4.29. The second-order valence-corrected chi connectivity index (χ2v) is 7.36. The molecule has 1 heterocycles. The highest BCUT2D eigenvalue weighted by atomic mass is 16.3. The molecule has 0 bridgehead atoms. The lowest BCUT2D eigenvalue weighted by molar-refractivity contribution is -0.0190. The lowest BCUT2D eigenvalue weighted by Gasteiger charge is -2.41. The quantitative estimate of drug-likeness (QED) is 0.857. The van der Waals surface area contributed by atoms with Gasteiger partial charge in [0, 0.05) is 12.5 Å². The second kappa shape index (κ2) is 7.50. The summed E-state index contributed by atoms with van der Waals surface area (Å²) in [5.74, 6) is 0.538. The molecule has 0 aliphatic carbocycles. The number of nitrogens with zero attached hydrogens (tertiary/aromatic N) is 1. The molecule has 1 aliphatic rings. The summed E-state index contributed by atoms with van der Waals surface area (Å²) in [4.78, 5) is 2.52. The van der Waals surface area contributed by atoms with Crippen LogP contribution in [-0.4, -0.2) is 29.6 Å². The van der Waals surface area contributed by atoms with Crippen LogP contribution >= 0.6 is 0 Å². The largest absolute Gasteiger partial charge is 0.380 e. The Morgan fingerprint density at radius 3 is 1.75 bits per heavy atom. The van der Waals surface area contributed by atoms with E-state index in [2.05, 4.69) is 43.0 Å². The van der Waals surface area contributed by atoms with Crippen LogP contribution in [0.25, 0.3) is 0 Å². The highest BCUT2D eigenvalue weighted by Gasteiger charge is 2.42. The van der Waals surface area contributed by atoms with Gasteiger partial charge < -0.3 is 10.0 Å². The highest BCUT2D eigenvalue weighted by Crippen LogP contribution is 2.41. The normalized spacial score (nSPS) is 17.3. The van der Waals surface area contributed by atoms with Gasteiger partial charge in [0.15, 0.2) is 0 Å². The first-order chi connectivity index (χ1) is 11.6. The van der Waals surface area contributed by atoms with Crippen molar-refractivity contribution in [2.45, 2.75) is 32.3 Å². The van der Waals surface area contributed by atoms with E-state index < -0.39 is 5.60 Å². The third-order valence-corrected chi connectivity index (χ3v) is 5.42. The molecule has 2 aromatic carbocycles. The van der Waals surface area contributed by atoms with Crippen LogP contribution < -0.4 is 0 Å². The van der Waals surface area contributed by atoms with Gasteiger partial charge in [0.2, 0.25) is 0 Å². The van der Waals surface area contributed by atoms with Crippen LogP contribution in [0.5, 0.6) is 0 Å². The second-order valence-electron chi connectivity index (χ2n) is 7.36. The van der Waals surface area contributed by atoms with E-state index in [4.69, 9.17) is 0 Å². The van der Waals surface area contributed by atoms with E-state index in [9.17, 15) is 5.11 Å². The fourth-order valence-electron chi connectivity index (χ4n) is 4.05. The first kappa shape index (κ1) is 17.2. The number of hydrogen-bond donors (Lipinski definition) is 1. The van der Waals surface area contributed by atoms with E-state index in [1.165, 1.54) is 12.8 Å². The Bertz CT molecular complexity index is 577. The van der Waals surface area contributed by atoms with E-state index in [0.29, 0.717) is 5.92 Å². The maximum Gasteiger partial charge on any atom is 0.119 e. The Hall–Kier alpha value is -1.64. The molecule has 2 aromatic rings. The summed E-state index contributed by atoms with van der Waals surface area (Å²) in [7, 11) is 0. The van der Waals surface area contributed by atoms with Crippen LogP contribution in [0.4, 0.5) is 0 Å². The van der Waals surface area contributed by atoms with Gasteiger partial charge in [-0.25, -0.2) is 0 Å². The number of hydrogen-bond acceptors (Lipinski definition) is 2. The Labute approximate surface area is 146 Å². The zero-order valence-corrected chi connectivity index (χ0v) is 14.9. The molecule has 1 atom stereocenters. The molecule has 128 valence electrons. The first-order valence-corrected chi connectivity index (χ1v) is 9.18. The van der Waals surface area contributed by atoms with Crippen molar-refractivity contribution >= 4 is 0 Å². The van der Waals surface area contributed by atoms with Gasteiger partial charge in [-0.15, -0.1) is 0 Å². The fraction of sp³-hybridized carbons (Fsp3) is 0.455. The monoisotopic (exact) mass is 323 g/mol. The van der Waals surface area contributed by atoms with Crippen LogP contribution in [0, 0.1) is 11.8 Å². The van der Waals surface area contributed by atoms with Gasteiger partial charge in [0.1, 0.15) is 5.60 Å². The summed E-state index contributed by atoms with van der Waals surface area (Å²) in [6.45, 7) is 7.72. The average molecular weight is 323 g/mol. The summed E-state index contributed by atoms with van der Waals surface area (Å²) >= 11 is 0. The standard InChI is InChI=1S/C22H29NO/c1-18(2)21(17-23-15-9-10-16-23)22(24,19-11-5-3-6-12-19)20-13-7-4-8-14-20/h3-8,11-14,18,21,24H,9-10,15-17H2,1-2H3. The minimum absolute atomic E-state index is 0.153. The molecular weight excluding hydrogens is 294 g/mol. The topological polar surface area (TPSA) is 23.5 Å². The Morgan fingerprint density at radius 1 is 0.875 bits per heavy atom. The summed E-state index contributed by atoms with van der Waals surface area (Å²) in [6, 6.07) is 20.4. The SMILES string of the molecule is CC(C)C(CN1CCCC1)C(O)(c1ccccc1)c1ccccc1. The third kappa shape index (κ3) is 3.40. The molecule has 0 radical (unpaired) electrons. The molecule has 0 spiro atoms. The van der Waals surface area contributed by atoms with E-state index >= 15 is 0 Å². The van der Waals surface area contributed by atoms with Gasteiger partial charge in [-0.05, 0) is 43.0 Å². The molecule has 0 amide bonds. The third-order valence-electron chi connectivity index (χ3n) is 5.42. The minimum atomic E-state index is -0.959. The lowest BCUT2D eigenvalue weighted by atomic mass is 9.71. The van der Waals surface area contributed by atoms with Gasteiger partial charge in [0.05, 0.1) is 0 Å². The van der Waals surface area contributed by atoms with E-state index in [1.807, 2.05) is 36.4 Å². The molecule has 1 N–H and O–H groups in total. The summed E-state index contributed by atoms with van der Waals surface area (Å²) in [6.07, 6.45) is 2.56. The summed E-state index contributed by atoms with van der Waals surface area (Å²) < 4.78 is 0. The van der Waals surface area contributed by atoms with Gasteiger partial charge in [-0.1, -0.05) is 74.5 Å². The Balaban J connectivity index is 2.04. The fourth-order valence-corrected chi connectivity index (χ4v) is 4.05. The number of aliphatic hydroxyl groups is 1. The van der Waals surface area contributed by atoms with Crippen LogP contribution in [-0.2, 0) is 5.60 Å². The average Bonchev–Trinajstić information content (AvgIpc) is 3.13. The minimum Gasteiger partial charge on any atom is -0.380 e. The Kier molecular flexibility index (Phi) is 5.37. The molecular formula is C22H29NO. The molecule has 24 heavy (non-hydrogen) atoms. The number of benzene rings is 2. The van der Waals surface area contributed by atoms with Crippen molar-refractivity contribution in [2.24, 2.45) is 11.8 Å². The summed E-state index contributed by atoms with van der Waals surface area (Å²) in [5, 5.41) is 12.0. The van der Waals surface area contributed by atoms with Crippen molar-refractivity contribution in [2.75, 3.05) is 19.6 Å². The molecule has 1 aliphatic heterocycles. The molecule has 2 heteroatoms. The molecule has 1 unspecified atom stereocenters. The highest BCUT2D eigenvalue weighted by molar-refractivity contribution is 5.37. The predicted molar refractivity (Wildman–Crippen MR) is 99.9 cm³/mol. The maximum atomic E-state index is 12.0. The van der Waals surface area contributed by atoms with Crippen molar-refractivity contribution in [1.82, 2.24) is 4.90 Å². The zero-order chi connectivity index (χ0) is 17.0. The summed E-state index contributed by atoms with van der Waals surface area (Å²) in [5.41, 5.74) is 1.03. The van der Waals surface area contributed by atoms with Crippen LogP contribution in [0.2, 0.25) is 0 Å². The van der Waals surface area contributed by atoms with E-state index in [1.54, 1.807) is 0 Å². The smallest absolute Gasteiger partial charge is 0.119 e. The molecule has 0 aromatic heterocycles. The van der Waals surface area contributed by atoms with Crippen molar-refractivity contribution < 1.29 is 5.11 Å². The number of likely N-dealkylation sites (tertiary alicyclic amines) is 1. The molecule has 2 nitrogen and oxygen atoms in total. The lowest BCUT2D eigenvalue weighted by Crippen LogP contribution is -2.45. The molecule has 3 rings (SSSR count). The van der Waals surface area contributed by atoms with Crippen LogP contribution in [0.15, 0.2) is 60.7 Å². The van der Waals surface area contributed by atoms with Crippen molar-refractivity contribution in [3.8, 4) is 0 Å². The first-order valence-electron chi connectivity index (χ1n) is 9.18.